The van der Waals surface area contributed by atoms with Crippen LogP contribution in [0.2, 0.25) is 0 Å². The summed E-state index contributed by atoms with van der Waals surface area (Å²) in [4.78, 5) is 12.2. The van der Waals surface area contributed by atoms with Crippen molar-refractivity contribution < 1.29 is 17.9 Å². The second-order valence-electron chi connectivity index (χ2n) is 5.93. The lowest BCUT2D eigenvalue weighted by Gasteiger charge is -2.24. The number of amides is 1. The van der Waals surface area contributed by atoms with Crippen molar-refractivity contribution in [2.24, 2.45) is 0 Å². The van der Waals surface area contributed by atoms with Crippen LogP contribution in [0.5, 0.6) is 0 Å². The Morgan fingerprint density at radius 1 is 1.39 bits per heavy atom. The Kier molecular flexibility index (Phi) is 5.64. The van der Waals surface area contributed by atoms with Crippen molar-refractivity contribution in [2.75, 3.05) is 30.3 Å². The minimum Gasteiger partial charge on any atom is -0.376 e. The predicted octanol–water partition coefficient (Wildman–Crippen LogP) is 1.36. The van der Waals surface area contributed by atoms with Gasteiger partial charge in [-0.2, -0.15) is 0 Å². The summed E-state index contributed by atoms with van der Waals surface area (Å²) in [5.41, 5.74) is 2.38. The Bertz CT molecular complexity index is 667. The standard InChI is InChI=1S/C16H24N2O4S/c1-12-6-4-8-15(13(12)2)18(23(3,20)21)11-16(19)17-10-14-7-5-9-22-14/h4,6,8,14H,5,7,9-11H2,1-3H3,(H,17,19)/t14-/m1/s1. The van der Waals surface area contributed by atoms with Gasteiger partial charge in [0.05, 0.1) is 18.0 Å². The van der Waals surface area contributed by atoms with Crippen molar-refractivity contribution in [3.8, 4) is 0 Å². The summed E-state index contributed by atoms with van der Waals surface area (Å²) in [5, 5.41) is 2.76. The first kappa shape index (κ1) is 17.7. The molecule has 6 nitrogen and oxygen atoms in total. The van der Waals surface area contributed by atoms with E-state index < -0.39 is 10.0 Å². The number of nitrogens with zero attached hydrogens (tertiary/aromatic N) is 1. The summed E-state index contributed by atoms with van der Waals surface area (Å²) in [7, 11) is -3.55. The van der Waals surface area contributed by atoms with Crippen molar-refractivity contribution in [3.05, 3.63) is 29.3 Å². The molecule has 128 valence electrons. The van der Waals surface area contributed by atoms with Crippen molar-refractivity contribution in [1.82, 2.24) is 5.32 Å². The molecule has 1 saturated heterocycles. The van der Waals surface area contributed by atoms with Crippen LogP contribution in [0.15, 0.2) is 18.2 Å². The molecule has 0 aliphatic carbocycles. The van der Waals surface area contributed by atoms with Crippen molar-refractivity contribution >= 4 is 21.6 Å². The number of nitrogens with one attached hydrogen (secondary N) is 1. The maximum absolute atomic E-state index is 12.2. The van der Waals surface area contributed by atoms with Gasteiger partial charge in [0.2, 0.25) is 15.9 Å². The van der Waals surface area contributed by atoms with E-state index in [-0.39, 0.29) is 18.6 Å². The second-order valence-corrected chi connectivity index (χ2v) is 7.83. The molecule has 0 bridgehead atoms. The summed E-state index contributed by atoms with van der Waals surface area (Å²) >= 11 is 0. The first-order valence-electron chi connectivity index (χ1n) is 7.71. The molecule has 7 heteroatoms. The maximum atomic E-state index is 12.2. The van der Waals surface area contributed by atoms with E-state index >= 15 is 0 Å². The number of anilines is 1. The quantitative estimate of drug-likeness (QED) is 0.848. The molecule has 1 N–H and O–H groups in total. The zero-order valence-corrected chi connectivity index (χ0v) is 14.6. The summed E-state index contributed by atoms with van der Waals surface area (Å²) < 4.78 is 30.8. The number of benzene rings is 1. The normalized spacial score (nSPS) is 18.0. The van der Waals surface area contributed by atoms with Crippen LogP contribution in [0.3, 0.4) is 0 Å². The smallest absolute Gasteiger partial charge is 0.240 e. The number of ether oxygens (including phenoxy) is 1. The van der Waals surface area contributed by atoms with E-state index in [1.165, 1.54) is 0 Å². The molecule has 0 aromatic heterocycles. The second kappa shape index (κ2) is 7.31. The van der Waals surface area contributed by atoms with Gasteiger partial charge in [-0.3, -0.25) is 9.10 Å². The van der Waals surface area contributed by atoms with Gasteiger partial charge in [0, 0.05) is 13.2 Å². The molecule has 1 fully saturated rings. The van der Waals surface area contributed by atoms with Crippen LogP contribution < -0.4 is 9.62 Å². The number of carbonyl (C=O) groups excluding carboxylic acids is 1. The van der Waals surface area contributed by atoms with Crippen LogP contribution in [0.1, 0.15) is 24.0 Å². The van der Waals surface area contributed by atoms with Crippen LogP contribution in [0, 0.1) is 13.8 Å². The van der Waals surface area contributed by atoms with Crippen molar-refractivity contribution in [1.29, 1.82) is 0 Å². The Morgan fingerprint density at radius 3 is 2.74 bits per heavy atom. The molecule has 0 radical (unpaired) electrons. The Morgan fingerprint density at radius 2 is 2.13 bits per heavy atom. The third-order valence-electron chi connectivity index (χ3n) is 4.08. The highest BCUT2D eigenvalue weighted by Crippen LogP contribution is 2.24. The van der Waals surface area contributed by atoms with Gasteiger partial charge in [-0.25, -0.2) is 8.42 Å². The lowest BCUT2D eigenvalue weighted by Crippen LogP contribution is -2.42. The summed E-state index contributed by atoms with van der Waals surface area (Å²) in [6.45, 7) is 4.68. The highest BCUT2D eigenvalue weighted by Gasteiger charge is 2.23. The molecule has 1 atom stereocenters. The van der Waals surface area contributed by atoms with Crippen LogP contribution in [0.4, 0.5) is 5.69 Å². The zero-order chi connectivity index (χ0) is 17.0. The SMILES string of the molecule is Cc1cccc(N(CC(=O)NC[C@H]2CCCO2)S(C)(=O)=O)c1C. The van der Waals surface area contributed by atoms with E-state index in [2.05, 4.69) is 5.32 Å². The number of hydrogen-bond donors (Lipinski definition) is 1. The monoisotopic (exact) mass is 340 g/mol. The van der Waals surface area contributed by atoms with Crippen LogP contribution in [-0.4, -0.2) is 46.4 Å². The van der Waals surface area contributed by atoms with Gasteiger partial charge in [0.15, 0.2) is 0 Å². The number of rotatable bonds is 6. The molecule has 1 aliphatic rings. The van der Waals surface area contributed by atoms with Crippen LogP contribution in [-0.2, 0) is 19.6 Å². The van der Waals surface area contributed by atoms with Gasteiger partial charge in [-0.1, -0.05) is 12.1 Å². The summed E-state index contributed by atoms with van der Waals surface area (Å²) in [6, 6.07) is 5.42. The molecule has 0 spiro atoms. The largest absolute Gasteiger partial charge is 0.376 e. The third kappa shape index (κ3) is 4.68. The minimum atomic E-state index is -3.55. The molecule has 1 heterocycles. The van der Waals surface area contributed by atoms with E-state index in [0.29, 0.717) is 12.2 Å². The van der Waals surface area contributed by atoms with E-state index in [9.17, 15) is 13.2 Å². The molecular formula is C16H24N2O4S. The van der Waals surface area contributed by atoms with E-state index in [1.807, 2.05) is 19.9 Å². The van der Waals surface area contributed by atoms with Gasteiger partial charge < -0.3 is 10.1 Å². The van der Waals surface area contributed by atoms with E-state index in [0.717, 1.165) is 41.1 Å². The molecule has 1 aromatic carbocycles. The lowest BCUT2D eigenvalue weighted by atomic mass is 10.1. The zero-order valence-electron chi connectivity index (χ0n) is 13.8. The molecule has 1 aromatic rings. The van der Waals surface area contributed by atoms with Crippen LogP contribution in [0.25, 0.3) is 0 Å². The van der Waals surface area contributed by atoms with Crippen LogP contribution >= 0.6 is 0 Å². The molecule has 1 amide bonds. The fourth-order valence-electron chi connectivity index (χ4n) is 2.61. The van der Waals surface area contributed by atoms with Gasteiger partial charge in [-0.15, -0.1) is 0 Å². The summed E-state index contributed by atoms with van der Waals surface area (Å²) in [6.07, 6.45) is 3.07. The number of aryl methyl sites for hydroxylation is 1. The average molecular weight is 340 g/mol. The van der Waals surface area contributed by atoms with Gasteiger partial charge in [0.1, 0.15) is 6.54 Å². The highest BCUT2D eigenvalue weighted by molar-refractivity contribution is 7.92. The number of sulfonamides is 1. The van der Waals surface area contributed by atoms with Crippen molar-refractivity contribution in [2.45, 2.75) is 32.8 Å². The molecular weight excluding hydrogens is 316 g/mol. The van der Waals surface area contributed by atoms with Gasteiger partial charge in [-0.05, 0) is 43.9 Å². The molecule has 23 heavy (non-hydrogen) atoms. The topological polar surface area (TPSA) is 75.7 Å². The van der Waals surface area contributed by atoms with Gasteiger partial charge in [0.25, 0.3) is 0 Å². The molecule has 0 unspecified atom stereocenters. The molecule has 1 aliphatic heterocycles. The Hall–Kier alpha value is -1.60. The lowest BCUT2D eigenvalue weighted by molar-refractivity contribution is -0.120. The third-order valence-corrected chi connectivity index (χ3v) is 5.21. The molecule has 2 rings (SSSR count). The Labute approximate surface area is 137 Å². The number of hydrogen-bond acceptors (Lipinski definition) is 4. The highest BCUT2D eigenvalue weighted by atomic mass is 32.2. The molecule has 0 saturated carbocycles. The van der Waals surface area contributed by atoms with Crippen molar-refractivity contribution in [3.63, 3.8) is 0 Å². The Balaban J connectivity index is 2.10. The number of carbonyl (C=O) groups is 1. The van der Waals surface area contributed by atoms with E-state index in [4.69, 9.17) is 4.74 Å². The first-order valence-corrected chi connectivity index (χ1v) is 9.56. The first-order chi connectivity index (χ1) is 10.8. The minimum absolute atomic E-state index is 0.0336. The van der Waals surface area contributed by atoms with E-state index in [1.54, 1.807) is 12.1 Å². The average Bonchev–Trinajstić information content (AvgIpc) is 2.98. The summed E-state index contributed by atoms with van der Waals surface area (Å²) in [5.74, 6) is -0.327. The fraction of sp³-hybridized carbons (Fsp3) is 0.562. The van der Waals surface area contributed by atoms with Gasteiger partial charge >= 0.3 is 0 Å². The predicted molar refractivity (Wildman–Crippen MR) is 90.1 cm³/mol. The maximum Gasteiger partial charge on any atom is 0.240 e. The fourth-order valence-corrected chi connectivity index (χ4v) is 3.51.